The van der Waals surface area contributed by atoms with Gasteiger partial charge in [-0.05, 0) is 171 Å². The Hall–Kier alpha value is -16.0. The molecule has 0 atom stereocenters. The van der Waals surface area contributed by atoms with Gasteiger partial charge in [-0.3, -0.25) is 0 Å². The van der Waals surface area contributed by atoms with Crippen molar-refractivity contribution in [2.75, 3.05) is 0 Å². The lowest BCUT2D eigenvalue weighted by Gasteiger charge is -2.13. The summed E-state index contributed by atoms with van der Waals surface area (Å²) in [5, 5.41) is 16.9. The van der Waals surface area contributed by atoms with Crippen LogP contribution in [0.5, 0.6) is 0 Å². The van der Waals surface area contributed by atoms with Gasteiger partial charge in [-0.2, -0.15) is 0 Å². The van der Waals surface area contributed by atoms with Crippen molar-refractivity contribution in [2.45, 2.75) is 0 Å². The van der Waals surface area contributed by atoms with Gasteiger partial charge in [0.1, 0.15) is 0 Å². The van der Waals surface area contributed by atoms with Crippen LogP contribution in [0.15, 0.2) is 400 Å². The summed E-state index contributed by atoms with van der Waals surface area (Å²) >= 11 is 5.59. The number of hydrogen-bond acceptors (Lipinski definition) is 11. The molecule has 0 N–H and O–H groups in total. The summed E-state index contributed by atoms with van der Waals surface area (Å²) in [7, 11) is 0. The van der Waals surface area contributed by atoms with Crippen molar-refractivity contribution in [3.05, 3.63) is 400 Å². The first-order valence-corrected chi connectivity index (χ1v) is 45.1. The van der Waals surface area contributed by atoms with Crippen LogP contribution >= 0.6 is 34.0 Å². The second kappa shape index (κ2) is 29.3. The molecule has 127 heavy (non-hydrogen) atoms. The minimum atomic E-state index is 0.656. The Bertz CT molecular complexity index is 8770. The lowest BCUT2D eigenvalue weighted by atomic mass is 9.92. The number of thiophene rings is 3. The summed E-state index contributed by atoms with van der Waals surface area (Å²) in [4.78, 5) is 40.3. The molecule has 19 aromatic carbocycles. The molecule has 8 nitrogen and oxygen atoms in total. The van der Waals surface area contributed by atoms with E-state index in [4.69, 9.17) is 39.9 Å². The fourth-order valence-corrected chi connectivity index (χ4v) is 23.3. The number of nitrogens with zero attached hydrogens (tertiary/aromatic N) is 8. The molecule has 588 valence electrons. The Morgan fingerprint density at radius 3 is 0.992 bits per heavy atom. The van der Waals surface area contributed by atoms with E-state index in [-0.39, 0.29) is 0 Å². The summed E-state index contributed by atoms with van der Waals surface area (Å²) in [5.41, 5.74) is 27.6. The van der Waals surface area contributed by atoms with Crippen LogP contribution in [0, 0.1) is 0 Å². The van der Waals surface area contributed by atoms with Crippen LogP contribution in [0.3, 0.4) is 0 Å². The monoisotopic (exact) mass is 1670 g/mol. The molecule has 6 heterocycles. The zero-order valence-corrected chi connectivity index (χ0v) is 70.4. The first-order chi connectivity index (χ1) is 62.9. The second-order valence-corrected chi connectivity index (χ2v) is 35.8. The van der Waals surface area contributed by atoms with Gasteiger partial charge in [0.2, 0.25) is 0 Å². The second-order valence-electron chi connectivity index (χ2n) is 32.6. The van der Waals surface area contributed by atoms with Gasteiger partial charge in [-0.25, -0.2) is 39.9 Å². The average molecular weight is 1670 g/mol. The van der Waals surface area contributed by atoms with Crippen molar-refractivity contribution in [1.82, 2.24) is 39.9 Å². The van der Waals surface area contributed by atoms with Gasteiger partial charge in [-0.1, -0.05) is 340 Å². The molecular weight excluding hydrogens is 1600 g/mol. The van der Waals surface area contributed by atoms with E-state index < -0.39 is 0 Å². The van der Waals surface area contributed by atoms with Gasteiger partial charge in [0.15, 0.2) is 40.8 Å². The van der Waals surface area contributed by atoms with Gasteiger partial charge >= 0.3 is 0 Å². The zero-order valence-electron chi connectivity index (χ0n) is 67.9. The van der Waals surface area contributed by atoms with Crippen LogP contribution in [-0.4, -0.2) is 39.9 Å². The molecule has 3 aliphatic rings. The summed E-state index contributed by atoms with van der Waals surface area (Å²) in [6.07, 6.45) is 0. The summed E-state index contributed by atoms with van der Waals surface area (Å²) < 4.78 is 7.72. The topological polar surface area (TPSA) is 103 Å². The Balaban J connectivity index is 0.000000102. The van der Waals surface area contributed by atoms with Gasteiger partial charge in [0, 0.05) is 110 Å². The molecule has 0 fully saturated rings. The third kappa shape index (κ3) is 11.9. The highest BCUT2D eigenvalue weighted by Gasteiger charge is 2.30. The van der Waals surface area contributed by atoms with Crippen molar-refractivity contribution in [2.24, 2.45) is 0 Å². The highest BCUT2D eigenvalue weighted by atomic mass is 32.1. The van der Waals surface area contributed by atoms with Crippen molar-refractivity contribution in [3.63, 3.8) is 0 Å². The lowest BCUT2D eigenvalue weighted by Crippen LogP contribution is -2.00. The molecule has 0 spiro atoms. The van der Waals surface area contributed by atoms with E-state index in [1.54, 1.807) is 0 Å². The molecule has 0 radical (unpaired) electrons. The number of benzene rings is 19. The quantitative estimate of drug-likeness (QED) is 0.141. The Morgan fingerprint density at radius 1 is 0.150 bits per heavy atom. The normalized spacial score (nSPS) is 11.9. The van der Waals surface area contributed by atoms with Crippen LogP contribution in [-0.2, 0) is 0 Å². The highest BCUT2D eigenvalue weighted by Crippen LogP contribution is 2.57. The maximum atomic E-state index is 5.26. The van der Waals surface area contributed by atoms with Gasteiger partial charge in [0.05, 0.1) is 11.2 Å². The smallest absolute Gasteiger partial charge is 0.164 e. The third-order valence-electron chi connectivity index (χ3n) is 25.3. The number of fused-ring (bicyclic) bond motifs is 10. The molecule has 11 heteroatoms. The fourth-order valence-electron chi connectivity index (χ4n) is 19.7. The summed E-state index contributed by atoms with van der Waals surface area (Å²) in [5.74, 6) is 4.78. The predicted molar refractivity (Wildman–Crippen MR) is 533 cm³/mol. The summed E-state index contributed by atoms with van der Waals surface area (Å²) in [6, 6.07) is 142. The number of para-hydroxylation sites is 1. The average Bonchev–Trinajstić information content (AvgIpc) is 1.56. The molecule has 6 aromatic heterocycles. The van der Waals surface area contributed by atoms with Crippen LogP contribution in [0.25, 0.3) is 273 Å². The van der Waals surface area contributed by atoms with E-state index in [9.17, 15) is 0 Å². The third-order valence-corrected chi connectivity index (χ3v) is 28.7. The minimum absolute atomic E-state index is 0.656. The maximum Gasteiger partial charge on any atom is 0.164 e. The van der Waals surface area contributed by atoms with Gasteiger partial charge in [0.25, 0.3) is 0 Å². The highest BCUT2D eigenvalue weighted by molar-refractivity contribution is 7.27. The molecular formula is C116H66N8S3. The molecule has 25 aromatic rings. The Labute approximate surface area is 741 Å². The van der Waals surface area contributed by atoms with E-state index in [0.717, 1.165) is 72.5 Å². The van der Waals surface area contributed by atoms with Crippen molar-refractivity contribution < 1.29 is 0 Å². The van der Waals surface area contributed by atoms with Crippen LogP contribution in [0.1, 0.15) is 0 Å². The first-order valence-electron chi connectivity index (χ1n) is 42.7. The molecule has 0 saturated heterocycles. The summed E-state index contributed by atoms with van der Waals surface area (Å²) in [6.45, 7) is 0. The van der Waals surface area contributed by atoms with E-state index in [2.05, 4.69) is 297 Å². The van der Waals surface area contributed by atoms with Crippen LogP contribution in [0.4, 0.5) is 0 Å². The number of aromatic nitrogens is 8. The molecule has 28 rings (SSSR count). The van der Waals surface area contributed by atoms with Gasteiger partial charge in [-0.15, -0.1) is 34.0 Å². The van der Waals surface area contributed by atoms with Crippen molar-refractivity contribution in [1.29, 1.82) is 0 Å². The minimum Gasteiger partial charge on any atom is -0.228 e. The van der Waals surface area contributed by atoms with E-state index in [1.165, 1.54) is 165 Å². The maximum absolute atomic E-state index is 5.26. The number of rotatable bonds is 9. The molecule has 0 saturated carbocycles. The first kappa shape index (κ1) is 72.6. The van der Waals surface area contributed by atoms with Crippen LogP contribution < -0.4 is 0 Å². The molecule has 0 bridgehead atoms. The Morgan fingerprint density at radius 2 is 0.496 bits per heavy atom. The van der Waals surface area contributed by atoms with Crippen LogP contribution in [0.2, 0.25) is 0 Å². The van der Waals surface area contributed by atoms with Gasteiger partial charge < -0.3 is 0 Å². The van der Waals surface area contributed by atoms with E-state index in [0.29, 0.717) is 34.9 Å². The Kier molecular flexibility index (Phi) is 16.8. The standard InChI is InChI=1S/C43H25N3S.C37H21N3S.C36H20N2S/c1-3-11-27(12-4-1)41-44-42(28-13-5-2-6-14-28)46-43(45-41)30-17-9-16-29(23-30)31-24-35-33-19-8-7-18-32(33)34-20-10-15-26-21-22-36-40(38(26)34)39(35)37(25-31)47-36;1-3-10-23(11-4-1)35-38-36(24-12-5-2-6-13-24)40-37(39-35)25-20-29-27-16-8-7-15-26(27)28-17-9-14-22-18-19-30-34(32(22)28)33(29)31(21-25)41-30;1-2-10-21(11-3-1)34-27-15-6-7-18-29(27)37-36(38-34)28-20-22-12-8-16-25-23-13-4-5-14-24(23)26-17-9-19-30-32(26)33(31(22)25)35(28)39-30/h1-25H;1-21H;1-20H. The SMILES string of the molecule is c1ccc(-c2nc(-c3cc4cccc5c4c4c3sc3cccc(c34)-c3ccccc3-5)nc3ccccc23)cc1.c1ccc(-c2nc(-c3ccccc3)nc(-c3cc4c5c(c3)sc3ccc6cccc(c6c35)-c3ccccc3-4)n2)cc1.c1ccc(-c2nc(-c3ccccc3)nc(-c3cccc(-c4cc5c6c(c4)sc4ccc7cccc(c7c46)-c4ccccc4-5)c3)n2)cc1. The fraction of sp³-hybridized carbons (Fsp3) is 0. The zero-order chi connectivity index (χ0) is 83.3. The molecule has 3 aliphatic carbocycles. The predicted octanol–water partition coefficient (Wildman–Crippen LogP) is 31.9. The number of hydrogen-bond donors (Lipinski definition) is 0. The largest absolute Gasteiger partial charge is 0.228 e. The van der Waals surface area contributed by atoms with E-state index in [1.807, 2.05) is 137 Å². The molecule has 0 aliphatic heterocycles. The molecule has 0 amide bonds. The van der Waals surface area contributed by atoms with Crippen molar-refractivity contribution >= 4 is 138 Å². The van der Waals surface area contributed by atoms with E-state index >= 15 is 0 Å². The lowest BCUT2D eigenvalue weighted by molar-refractivity contribution is 1.07. The molecule has 0 unspecified atom stereocenters. The van der Waals surface area contributed by atoms with Crippen molar-refractivity contribution in [3.8, 4) is 169 Å².